The Morgan fingerprint density at radius 1 is 1.10 bits per heavy atom. The number of pyridine rings is 1. The molecule has 0 unspecified atom stereocenters. The molecule has 1 aromatic carbocycles. The zero-order valence-electron chi connectivity index (χ0n) is 12.5. The van der Waals surface area contributed by atoms with Crippen LogP contribution in [0.5, 0.6) is 11.5 Å². The number of aromatic nitrogens is 1. The topological polar surface area (TPSA) is 48.4 Å². The molecule has 0 radical (unpaired) electrons. The number of rotatable bonds is 3. The number of ketones is 1. The highest BCUT2D eigenvalue weighted by Gasteiger charge is 2.25. The highest BCUT2D eigenvalue weighted by molar-refractivity contribution is 6.02. The molecule has 0 saturated carbocycles. The van der Waals surface area contributed by atoms with Gasteiger partial charge in [-0.05, 0) is 12.1 Å². The van der Waals surface area contributed by atoms with Crippen molar-refractivity contribution in [2.24, 2.45) is 5.41 Å². The second-order valence-electron chi connectivity index (χ2n) is 5.65. The summed E-state index contributed by atoms with van der Waals surface area (Å²) in [6.07, 6.45) is 0. The molecule has 1 aromatic heterocycles. The number of ether oxygens (including phenoxy) is 2. The third-order valence-corrected chi connectivity index (χ3v) is 3.12. The van der Waals surface area contributed by atoms with Crippen LogP contribution in [0.15, 0.2) is 24.3 Å². The summed E-state index contributed by atoms with van der Waals surface area (Å²) in [5, 5.41) is 0.831. The van der Waals surface area contributed by atoms with Crippen LogP contribution in [-0.4, -0.2) is 25.0 Å². The van der Waals surface area contributed by atoms with Gasteiger partial charge in [-0.15, -0.1) is 0 Å². The highest BCUT2D eigenvalue weighted by Crippen LogP contribution is 2.33. The zero-order valence-corrected chi connectivity index (χ0v) is 12.5. The van der Waals surface area contributed by atoms with Gasteiger partial charge in [0.25, 0.3) is 0 Å². The Labute approximate surface area is 118 Å². The Morgan fingerprint density at radius 3 is 2.30 bits per heavy atom. The summed E-state index contributed by atoms with van der Waals surface area (Å²) in [5.74, 6) is 1.23. The monoisotopic (exact) mass is 273 g/mol. The van der Waals surface area contributed by atoms with Crippen molar-refractivity contribution >= 4 is 16.7 Å². The van der Waals surface area contributed by atoms with Crippen molar-refractivity contribution in [3.8, 4) is 11.5 Å². The summed E-state index contributed by atoms with van der Waals surface area (Å²) in [7, 11) is 3.17. The Morgan fingerprint density at radius 2 is 1.75 bits per heavy atom. The molecule has 106 valence electrons. The van der Waals surface area contributed by atoms with Crippen LogP contribution in [0, 0.1) is 5.41 Å². The standard InChI is InChI=1S/C16H19NO3/c1-16(2,3)15(18)11-9-13(20-5)10-7-6-8-12(19-4)14(10)17-11/h6-9H,1-5H3. The number of fused-ring (bicyclic) bond motifs is 1. The quantitative estimate of drug-likeness (QED) is 0.803. The molecule has 20 heavy (non-hydrogen) atoms. The van der Waals surface area contributed by atoms with E-state index in [0.717, 1.165) is 5.39 Å². The molecule has 0 aliphatic heterocycles. The van der Waals surface area contributed by atoms with Crippen molar-refractivity contribution in [2.45, 2.75) is 20.8 Å². The van der Waals surface area contributed by atoms with E-state index in [1.54, 1.807) is 20.3 Å². The third kappa shape index (κ3) is 2.46. The second kappa shape index (κ2) is 5.12. The van der Waals surface area contributed by atoms with E-state index in [2.05, 4.69) is 4.98 Å². The number of methoxy groups -OCH3 is 2. The molecule has 2 aromatic rings. The van der Waals surface area contributed by atoms with Crippen molar-refractivity contribution in [1.82, 2.24) is 4.98 Å². The Bertz CT molecular complexity index is 657. The van der Waals surface area contributed by atoms with Crippen LogP contribution in [0.1, 0.15) is 31.3 Å². The molecule has 0 aliphatic rings. The molecule has 0 saturated heterocycles. The Kier molecular flexibility index (Phi) is 3.66. The number of carbonyl (C=O) groups is 1. The number of hydrogen-bond acceptors (Lipinski definition) is 4. The van der Waals surface area contributed by atoms with Gasteiger partial charge in [-0.1, -0.05) is 26.8 Å². The normalized spacial score (nSPS) is 11.4. The Balaban J connectivity index is 2.73. The van der Waals surface area contributed by atoms with Crippen molar-refractivity contribution in [1.29, 1.82) is 0 Å². The van der Waals surface area contributed by atoms with Crippen LogP contribution in [0.25, 0.3) is 10.9 Å². The van der Waals surface area contributed by atoms with E-state index in [-0.39, 0.29) is 5.78 Å². The molecule has 0 atom stereocenters. The number of hydrogen-bond donors (Lipinski definition) is 0. The van der Waals surface area contributed by atoms with Gasteiger partial charge in [-0.3, -0.25) is 4.79 Å². The van der Waals surface area contributed by atoms with Gasteiger partial charge in [0, 0.05) is 16.9 Å². The van der Waals surface area contributed by atoms with Crippen LogP contribution >= 0.6 is 0 Å². The summed E-state index contributed by atoms with van der Waals surface area (Å²) in [5.41, 5.74) is 0.543. The third-order valence-electron chi connectivity index (χ3n) is 3.12. The zero-order chi connectivity index (χ0) is 14.9. The fourth-order valence-electron chi connectivity index (χ4n) is 2.03. The predicted octanol–water partition coefficient (Wildman–Crippen LogP) is 3.48. The number of para-hydroxylation sites is 1. The first-order chi connectivity index (χ1) is 9.38. The van der Waals surface area contributed by atoms with Gasteiger partial charge in [-0.25, -0.2) is 4.98 Å². The largest absolute Gasteiger partial charge is 0.496 e. The molecular weight excluding hydrogens is 254 g/mol. The van der Waals surface area contributed by atoms with Crippen molar-refractivity contribution in [3.05, 3.63) is 30.0 Å². The van der Waals surface area contributed by atoms with Crippen LogP contribution < -0.4 is 9.47 Å². The molecule has 0 fully saturated rings. The van der Waals surface area contributed by atoms with Crippen LogP contribution in [0.3, 0.4) is 0 Å². The van der Waals surface area contributed by atoms with Gasteiger partial charge < -0.3 is 9.47 Å². The first kappa shape index (κ1) is 14.3. The fraction of sp³-hybridized carbons (Fsp3) is 0.375. The number of nitrogens with zero attached hydrogens (tertiary/aromatic N) is 1. The lowest BCUT2D eigenvalue weighted by Crippen LogP contribution is -2.21. The molecule has 4 heteroatoms. The average molecular weight is 273 g/mol. The first-order valence-corrected chi connectivity index (χ1v) is 6.45. The predicted molar refractivity (Wildman–Crippen MR) is 78.6 cm³/mol. The molecule has 0 aliphatic carbocycles. The van der Waals surface area contributed by atoms with Crippen molar-refractivity contribution < 1.29 is 14.3 Å². The van der Waals surface area contributed by atoms with Crippen LogP contribution in [-0.2, 0) is 0 Å². The van der Waals surface area contributed by atoms with E-state index in [9.17, 15) is 4.79 Å². The van der Waals surface area contributed by atoms with Gasteiger partial charge in [0.2, 0.25) is 0 Å². The SMILES string of the molecule is COc1cc(C(=O)C(C)(C)C)nc2c(OC)cccc12. The minimum Gasteiger partial charge on any atom is -0.496 e. The molecule has 0 N–H and O–H groups in total. The number of benzene rings is 1. The van der Waals surface area contributed by atoms with Gasteiger partial charge in [0.15, 0.2) is 5.78 Å². The molecular formula is C16H19NO3. The molecule has 4 nitrogen and oxygen atoms in total. The number of Topliss-reactive ketones (excluding diaryl/α,β-unsaturated/α-hetero) is 1. The van der Waals surface area contributed by atoms with E-state index in [4.69, 9.17) is 9.47 Å². The molecule has 1 heterocycles. The average Bonchev–Trinajstić information content (AvgIpc) is 2.43. The lowest BCUT2D eigenvalue weighted by Gasteiger charge is -2.17. The maximum atomic E-state index is 12.4. The van der Waals surface area contributed by atoms with Gasteiger partial charge in [0.05, 0.1) is 14.2 Å². The second-order valence-corrected chi connectivity index (χ2v) is 5.65. The lowest BCUT2D eigenvalue weighted by atomic mass is 9.88. The molecule has 2 rings (SSSR count). The highest BCUT2D eigenvalue weighted by atomic mass is 16.5. The first-order valence-electron chi connectivity index (χ1n) is 6.45. The maximum Gasteiger partial charge on any atom is 0.186 e. The van der Waals surface area contributed by atoms with E-state index >= 15 is 0 Å². The van der Waals surface area contributed by atoms with E-state index in [1.807, 2.05) is 39.0 Å². The van der Waals surface area contributed by atoms with E-state index < -0.39 is 5.41 Å². The van der Waals surface area contributed by atoms with Crippen LogP contribution in [0.4, 0.5) is 0 Å². The molecule has 0 spiro atoms. The van der Waals surface area contributed by atoms with Gasteiger partial charge >= 0.3 is 0 Å². The van der Waals surface area contributed by atoms with E-state index in [0.29, 0.717) is 22.7 Å². The molecule has 0 amide bonds. The minimum atomic E-state index is -0.492. The number of carbonyl (C=O) groups excluding carboxylic acids is 1. The van der Waals surface area contributed by atoms with Crippen LogP contribution in [0.2, 0.25) is 0 Å². The fourth-order valence-corrected chi connectivity index (χ4v) is 2.03. The minimum absolute atomic E-state index is 0.0244. The summed E-state index contributed by atoms with van der Waals surface area (Å²) < 4.78 is 10.7. The summed E-state index contributed by atoms with van der Waals surface area (Å²) >= 11 is 0. The lowest BCUT2D eigenvalue weighted by molar-refractivity contribution is 0.0853. The van der Waals surface area contributed by atoms with Crippen molar-refractivity contribution in [2.75, 3.05) is 14.2 Å². The Hall–Kier alpha value is -2.10. The van der Waals surface area contributed by atoms with Gasteiger partial charge in [-0.2, -0.15) is 0 Å². The maximum absolute atomic E-state index is 12.4. The van der Waals surface area contributed by atoms with Gasteiger partial charge in [0.1, 0.15) is 22.7 Å². The molecule has 0 bridgehead atoms. The summed E-state index contributed by atoms with van der Waals surface area (Å²) in [4.78, 5) is 16.9. The smallest absolute Gasteiger partial charge is 0.186 e. The van der Waals surface area contributed by atoms with Crippen molar-refractivity contribution in [3.63, 3.8) is 0 Å². The summed E-state index contributed by atoms with van der Waals surface area (Å²) in [6.45, 7) is 5.61. The summed E-state index contributed by atoms with van der Waals surface area (Å²) in [6, 6.07) is 7.28. The van der Waals surface area contributed by atoms with E-state index in [1.165, 1.54) is 0 Å².